The predicted molar refractivity (Wildman–Crippen MR) is 65.2 cm³/mol. The zero-order valence-electron chi connectivity index (χ0n) is 11.0. The van der Waals surface area contributed by atoms with Crippen LogP contribution in [0.2, 0.25) is 0 Å². The Morgan fingerprint density at radius 2 is 1.60 bits per heavy atom. The van der Waals surface area contributed by atoms with Gasteiger partial charge in [-0.25, -0.2) is 0 Å². The van der Waals surface area contributed by atoms with Crippen LogP contribution in [0.15, 0.2) is 0 Å². The monoisotopic (exact) mass is 210 g/mol. The van der Waals surface area contributed by atoms with Crippen molar-refractivity contribution in [1.82, 2.24) is 0 Å². The Morgan fingerprint density at radius 1 is 1.13 bits per heavy atom. The predicted octanol–water partition coefficient (Wildman–Crippen LogP) is 2.51. The molecule has 15 heavy (non-hydrogen) atoms. The van der Waals surface area contributed by atoms with Gasteiger partial charge in [0.05, 0.1) is 5.60 Å². The fraction of sp³-hybridized carbons (Fsp3) is 0.833. The second-order valence-electron chi connectivity index (χ2n) is 5.75. The molecule has 2 nitrogen and oxygen atoms in total. The van der Waals surface area contributed by atoms with E-state index in [2.05, 4.69) is 25.6 Å². The molecule has 0 aliphatic carbocycles. The summed E-state index contributed by atoms with van der Waals surface area (Å²) in [5, 5.41) is 9.60. The van der Waals surface area contributed by atoms with Crippen LogP contribution in [0, 0.1) is 23.1 Å². The minimum Gasteiger partial charge on any atom is -0.416 e. The molecule has 0 fully saturated rings. The maximum atomic E-state index is 9.60. The van der Waals surface area contributed by atoms with Gasteiger partial charge in [0.15, 0.2) is 0 Å². The third kappa shape index (κ3) is 6.60. The van der Waals surface area contributed by atoms with E-state index in [-0.39, 0.29) is 11.0 Å². The summed E-state index contributed by atoms with van der Waals surface area (Å²) in [4.78, 5) is 0. The van der Waals surface area contributed by atoms with Crippen molar-refractivity contribution in [2.24, 2.45) is 11.3 Å². The fourth-order valence-corrected chi connectivity index (χ4v) is 0.731. The molecular formula is C12H23BO2. The van der Waals surface area contributed by atoms with Gasteiger partial charge in [0.25, 0.3) is 0 Å². The van der Waals surface area contributed by atoms with Crippen molar-refractivity contribution < 1.29 is 9.68 Å². The Kier molecular flexibility index (Phi) is 4.90. The molecule has 0 spiro atoms. The van der Waals surface area contributed by atoms with E-state index in [0.29, 0.717) is 5.92 Å². The van der Waals surface area contributed by atoms with Crippen LogP contribution in [-0.2, 0) is 4.65 Å². The lowest BCUT2D eigenvalue weighted by molar-refractivity contribution is 0.0427. The Morgan fingerprint density at radius 3 is 1.93 bits per heavy atom. The lowest BCUT2D eigenvalue weighted by atomic mass is 9.84. The standard InChI is InChI=1S/C12H23BO2/c1-10(2)12(6,7)15-13(14)9-8-11(3,4)5/h10,14H,1-7H3. The summed E-state index contributed by atoms with van der Waals surface area (Å²) in [7, 11) is -0.998. The fourth-order valence-electron chi connectivity index (χ4n) is 0.731. The van der Waals surface area contributed by atoms with Crippen molar-refractivity contribution in [3.8, 4) is 11.7 Å². The molecule has 0 saturated carbocycles. The first-order valence-electron chi connectivity index (χ1n) is 5.43. The van der Waals surface area contributed by atoms with E-state index < -0.39 is 7.12 Å². The first kappa shape index (κ1) is 14.5. The maximum absolute atomic E-state index is 9.60. The lowest BCUT2D eigenvalue weighted by Crippen LogP contribution is -2.37. The second kappa shape index (κ2) is 5.05. The molecule has 0 amide bonds. The molecule has 0 aliphatic rings. The maximum Gasteiger partial charge on any atom is 0.547 e. The highest BCUT2D eigenvalue weighted by atomic mass is 16.5. The van der Waals surface area contributed by atoms with Gasteiger partial charge in [-0.3, -0.25) is 0 Å². The van der Waals surface area contributed by atoms with Crippen molar-refractivity contribution in [3.63, 3.8) is 0 Å². The number of hydrogen-bond donors (Lipinski definition) is 1. The third-order valence-corrected chi connectivity index (χ3v) is 2.38. The smallest absolute Gasteiger partial charge is 0.416 e. The summed E-state index contributed by atoms with van der Waals surface area (Å²) in [6, 6.07) is 0. The molecule has 0 aromatic carbocycles. The molecule has 0 atom stereocenters. The van der Waals surface area contributed by atoms with E-state index in [0.717, 1.165) is 0 Å². The van der Waals surface area contributed by atoms with Crippen molar-refractivity contribution in [1.29, 1.82) is 0 Å². The van der Waals surface area contributed by atoms with Crippen LogP contribution in [0.3, 0.4) is 0 Å². The molecule has 0 aliphatic heterocycles. The van der Waals surface area contributed by atoms with E-state index in [1.54, 1.807) is 0 Å². The van der Waals surface area contributed by atoms with Gasteiger partial charge in [0, 0.05) is 5.41 Å². The van der Waals surface area contributed by atoms with Crippen LogP contribution in [0.1, 0.15) is 48.5 Å². The van der Waals surface area contributed by atoms with Gasteiger partial charge in [0.2, 0.25) is 0 Å². The Hall–Kier alpha value is -0.455. The molecule has 1 N–H and O–H groups in total. The van der Waals surface area contributed by atoms with Crippen LogP contribution >= 0.6 is 0 Å². The Bertz CT molecular complexity index is 253. The van der Waals surface area contributed by atoms with Gasteiger partial charge in [-0.05, 0) is 40.5 Å². The highest BCUT2D eigenvalue weighted by molar-refractivity contribution is 6.53. The van der Waals surface area contributed by atoms with Gasteiger partial charge >= 0.3 is 7.12 Å². The van der Waals surface area contributed by atoms with Crippen LogP contribution in [0.4, 0.5) is 0 Å². The van der Waals surface area contributed by atoms with E-state index in [9.17, 15) is 5.02 Å². The molecule has 0 bridgehead atoms. The Labute approximate surface area is 94.6 Å². The number of rotatable bonds is 3. The molecule has 0 unspecified atom stereocenters. The van der Waals surface area contributed by atoms with Crippen LogP contribution in [0.25, 0.3) is 0 Å². The average Bonchev–Trinajstić information content (AvgIpc) is 1.98. The normalized spacial score (nSPS) is 12.3. The topological polar surface area (TPSA) is 29.5 Å². The summed E-state index contributed by atoms with van der Waals surface area (Å²) in [6.07, 6.45) is 0. The molecule has 0 heterocycles. The molecule has 0 rings (SSSR count). The Balaban J connectivity index is 4.37. The van der Waals surface area contributed by atoms with Crippen molar-refractivity contribution in [2.45, 2.75) is 54.1 Å². The van der Waals surface area contributed by atoms with Crippen LogP contribution < -0.4 is 0 Å². The average molecular weight is 210 g/mol. The summed E-state index contributed by atoms with van der Waals surface area (Å²) < 4.78 is 5.48. The van der Waals surface area contributed by atoms with Crippen molar-refractivity contribution in [2.75, 3.05) is 0 Å². The van der Waals surface area contributed by atoms with Crippen LogP contribution in [0.5, 0.6) is 0 Å². The molecule has 0 aromatic heterocycles. The van der Waals surface area contributed by atoms with Gasteiger partial charge in [-0.15, -0.1) is 5.92 Å². The molecule has 0 aromatic rings. The lowest BCUT2D eigenvalue weighted by Gasteiger charge is -2.30. The summed E-state index contributed by atoms with van der Waals surface area (Å²) in [5.74, 6) is 6.01. The minimum atomic E-state index is -0.998. The van der Waals surface area contributed by atoms with E-state index >= 15 is 0 Å². The molecule has 0 saturated heterocycles. The van der Waals surface area contributed by atoms with Gasteiger partial charge in [-0.1, -0.05) is 19.7 Å². The van der Waals surface area contributed by atoms with Crippen molar-refractivity contribution in [3.05, 3.63) is 0 Å². The van der Waals surface area contributed by atoms with E-state index in [1.165, 1.54) is 0 Å². The van der Waals surface area contributed by atoms with E-state index in [4.69, 9.17) is 4.65 Å². The minimum absolute atomic E-state index is 0.105. The van der Waals surface area contributed by atoms with Gasteiger partial charge < -0.3 is 9.68 Å². The zero-order chi connectivity index (χ0) is 12.3. The van der Waals surface area contributed by atoms with Gasteiger partial charge in [0.1, 0.15) is 0 Å². The van der Waals surface area contributed by atoms with E-state index in [1.807, 2.05) is 34.6 Å². The molecule has 3 heteroatoms. The van der Waals surface area contributed by atoms with Crippen molar-refractivity contribution >= 4 is 7.12 Å². The highest BCUT2D eigenvalue weighted by Gasteiger charge is 2.28. The SMILES string of the molecule is CC(C)C(C)(C)OB(O)C#CC(C)(C)C. The summed E-state index contributed by atoms with van der Waals surface area (Å²) in [6.45, 7) is 14.0. The first-order valence-corrected chi connectivity index (χ1v) is 5.43. The summed E-state index contributed by atoms with van der Waals surface area (Å²) in [5.41, 5.74) is -0.460. The molecule has 86 valence electrons. The zero-order valence-corrected chi connectivity index (χ0v) is 11.0. The molecule has 0 radical (unpaired) electrons. The number of hydrogen-bond acceptors (Lipinski definition) is 2. The third-order valence-electron chi connectivity index (χ3n) is 2.38. The van der Waals surface area contributed by atoms with Crippen LogP contribution in [-0.4, -0.2) is 17.7 Å². The highest BCUT2D eigenvalue weighted by Crippen LogP contribution is 2.20. The first-order chi connectivity index (χ1) is 6.54. The summed E-state index contributed by atoms with van der Waals surface area (Å²) >= 11 is 0. The largest absolute Gasteiger partial charge is 0.547 e. The quantitative estimate of drug-likeness (QED) is 0.572. The van der Waals surface area contributed by atoms with Gasteiger partial charge in [-0.2, -0.15) is 0 Å². The second-order valence-corrected chi connectivity index (χ2v) is 5.75. The molecular weight excluding hydrogens is 187 g/mol.